The summed E-state index contributed by atoms with van der Waals surface area (Å²) in [6.07, 6.45) is 21.5. The molecule has 2 aromatic rings. The Kier molecular flexibility index (Phi) is 16.0. The van der Waals surface area contributed by atoms with Crippen molar-refractivity contribution in [3.8, 4) is 18.6 Å². The van der Waals surface area contributed by atoms with Crippen LogP contribution < -0.4 is 10.1 Å². The summed E-state index contributed by atoms with van der Waals surface area (Å²) in [6.45, 7) is 8.64. The van der Waals surface area contributed by atoms with Gasteiger partial charge in [-0.1, -0.05) is 100 Å². The molecule has 4 heteroatoms. The molecule has 2 aromatic carbocycles. The average molecular weight is 520 g/mol. The second-order valence-electron chi connectivity index (χ2n) is 10.3. The van der Waals surface area contributed by atoms with E-state index in [0.29, 0.717) is 12.5 Å². The van der Waals surface area contributed by atoms with Gasteiger partial charge in [0.25, 0.3) is 0 Å². The minimum atomic E-state index is 0.0920. The molecule has 1 saturated carbocycles. The number of likely N-dealkylation sites (tertiary alicyclic amines) is 1. The molecule has 2 saturated heterocycles. The van der Waals surface area contributed by atoms with Crippen molar-refractivity contribution in [2.45, 2.75) is 84.0 Å². The SMILES string of the molecule is C#C.C1CCCCC1.CCOc1c(CC)cccc1[C@@H]1C[NH2+]CC1C(=O)N1CCCCC1.c1ccccc1. The molecule has 208 valence electrons. The van der Waals surface area contributed by atoms with E-state index in [2.05, 4.69) is 48.2 Å². The van der Waals surface area contributed by atoms with Crippen molar-refractivity contribution in [2.24, 2.45) is 5.92 Å². The molecule has 2 atom stereocenters. The number of carbonyl (C=O) groups excluding carboxylic acids is 1. The van der Waals surface area contributed by atoms with Crippen molar-refractivity contribution in [3.05, 3.63) is 65.7 Å². The highest BCUT2D eigenvalue weighted by Crippen LogP contribution is 2.36. The lowest BCUT2D eigenvalue weighted by Crippen LogP contribution is -2.81. The molecule has 0 radical (unpaired) electrons. The Morgan fingerprint density at radius 3 is 1.84 bits per heavy atom. The Hall–Kier alpha value is -2.77. The first kappa shape index (κ1) is 31.4. The Morgan fingerprint density at radius 2 is 1.34 bits per heavy atom. The molecule has 2 aliphatic heterocycles. The third kappa shape index (κ3) is 10.2. The highest BCUT2D eigenvalue weighted by molar-refractivity contribution is 5.80. The number of piperidine rings is 1. The second kappa shape index (κ2) is 19.3. The molecule has 4 nitrogen and oxygen atoms in total. The summed E-state index contributed by atoms with van der Waals surface area (Å²) >= 11 is 0. The molecule has 3 aliphatic rings. The molecule has 0 spiro atoms. The molecule has 2 heterocycles. The first-order valence-corrected chi connectivity index (χ1v) is 14.9. The Labute approximate surface area is 232 Å². The van der Waals surface area contributed by atoms with Gasteiger partial charge in [0.15, 0.2) is 0 Å². The van der Waals surface area contributed by atoms with Crippen LogP contribution in [0.4, 0.5) is 0 Å². The van der Waals surface area contributed by atoms with Crippen molar-refractivity contribution >= 4 is 5.91 Å². The summed E-state index contributed by atoms with van der Waals surface area (Å²) < 4.78 is 6.01. The minimum Gasteiger partial charge on any atom is -0.493 e. The second-order valence-corrected chi connectivity index (χ2v) is 10.3. The molecule has 2 N–H and O–H groups in total. The fourth-order valence-corrected chi connectivity index (χ4v) is 5.69. The first-order valence-electron chi connectivity index (χ1n) is 14.9. The highest BCUT2D eigenvalue weighted by atomic mass is 16.5. The molecule has 1 unspecified atom stereocenters. The van der Waals surface area contributed by atoms with Crippen LogP contribution in [0.1, 0.15) is 88.7 Å². The fraction of sp³-hybridized carbons (Fsp3) is 0.559. The average Bonchev–Trinajstić information content (AvgIpc) is 3.51. The monoisotopic (exact) mass is 519 g/mol. The van der Waals surface area contributed by atoms with Crippen LogP contribution in [0.25, 0.3) is 0 Å². The first-order chi connectivity index (χ1) is 18.8. The number of nitrogens with two attached hydrogens (primary N) is 1. The van der Waals surface area contributed by atoms with Gasteiger partial charge in [-0.25, -0.2) is 0 Å². The zero-order valence-electron chi connectivity index (χ0n) is 24.0. The number of aryl methyl sites for hydroxylation is 1. The molecule has 38 heavy (non-hydrogen) atoms. The number of rotatable bonds is 5. The number of quaternary nitrogens is 1. The summed E-state index contributed by atoms with van der Waals surface area (Å²) in [6, 6.07) is 18.4. The molecular formula is C34H51N2O2+. The van der Waals surface area contributed by atoms with Crippen LogP contribution >= 0.6 is 0 Å². The van der Waals surface area contributed by atoms with Crippen LogP contribution in [-0.2, 0) is 11.2 Å². The normalized spacial score (nSPS) is 20.4. The van der Waals surface area contributed by atoms with Gasteiger partial charge in [-0.3, -0.25) is 4.79 Å². The fourth-order valence-electron chi connectivity index (χ4n) is 5.69. The van der Waals surface area contributed by atoms with Crippen LogP contribution in [0, 0.1) is 18.8 Å². The van der Waals surface area contributed by atoms with E-state index in [9.17, 15) is 4.79 Å². The Morgan fingerprint density at radius 1 is 0.816 bits per heavy atom. The van der Waals surface area contributed by atoms with Gasteiger partial charge >= 0.3 is 0 Å². The third-order valence-electron chi connectivity index (χ3n) is 7.67. The van der Waals surface area contributed by atoms with Gasteiger partial charge in [-0.05, 0) is 38.2 Å². The van der Waals surface area contributed by atoms with Crippen LogP contribution in [0.3, 0.4) is 0 Å². The number of ether oxygens (including phenoxy) is 1. The van der Waals surface area contributed by atoms with E-state index in [0.717, 1.165) is 51.2 Å². The number of hydrogen-bond donors (Lipinski definition) is 1. The van der Waals surface area contributed by atoms with Gasteiger partial charge in [0.2, 0.25) is 5.91 Å². The van der Waals surface area contributed by atoms with E-state index in [1.165, 1.54) is 56.1 Å². The summed E-state index contributed by atoms with van der Waals surface area (Å²) in [5.41, 5.74) is 2.49. The summed E-state index contributed by atoms with van der Waals surface area (Å²) in [7, 11) is 0. The molecular weight excluding hydrogens is 468 g/mol. The maximum atomic E-state index is 13.1. The predicted octanol–water partition coefficient (Wildman–Crippen LogP) is 6.21. The molecule has 1 aliphatic carbocycles. The van der Waals surface area contributed by atoms with Gasteiger partial charge < -0.3 is 15.0 Å². The number of amides is 1. The van der Waals surface area contributed by atoms with Gasteiger partial charge in [0.1, 0.15) is 5.75 Å². The number of hydrogen-bond acceptors (Lipinski definition) is 2. The summed E-state index contributed by atoms with van der Waals surface area (Å²) in [4.78, 5) is 15.2. The molecule has 0 aromatic heterocycles. The predicted molar refractivity (Wildman–Crippen MR) is 159 cm³/mol. The van der Waals surface area contributed by atoms with Crippen molar-refractivity contribution in [3.63, 3.8) is 0 Å². The number of para-hydroxylation sites is 1. The lowest BCUT2D eigenvalue weighted by molar-refractivity contribution is -0.638. The van der Waals surface area contributed by atoms with E-state index in [-0.39, 0.29) is 11.8 Å². The van der Waals surface area contributed by atoms with Crippen LogP contribution in [-0.4, -0.2) is 43.6 Å². The van der Waals surface area contributed by atoms with Crippen molar-refractivity contribution in [1.29, 1.82) is 0 Å². The number of benzene rings is 2. The Balaban J connectivity index is 0.000000294. The van der Waals surface area contributed by atoms with Crippen molar-refractivity contribution in [2.75, 3.05) is 32.8 Å². The van der Waals surface area contributed by atoms with E-state index in [1.807, 2.05) is 43.3 Å². The van der Waals surface area contributed by atoms with E-state index in [4.69, 9.17) is 4.74 Å². The molecule has 0 bridgehead atoms. The minimum absolute atomic E-state index is 0.0920. The van der Waals surface area contributed by atoms with Crippen LogP contribution in [0.5, 0.6) is 5.75 Å². The topological polar surface area (TPSA) is 46.1 Å². The molecule has 3 fully saturated rings. The largest absolute Gasteiger partial charge is 0.493 e. The third-order valence-corrected chi connectivity index (χ3v) is 7.67. The maximum Gasteiger partial charge on any atom is 0.232 e. The van der Waals surface area contributed by atoms with Gasteiger partial charge in [-0.2, -0.15) is 0 Å². The van der Waals surface area contributed by atoms with Gasteiger partial charge in [0, 0.05) is 18.7 Å². The highest BCUT2D eigenvalue weighted by Gasteiger charge is 2.41. The van der Waals surface area contributed by atoms with Crippen molar-refractivity contribution in [1.82, 2.24) is 4.90 Å². The maximum absolute atomic E-state index is 13.1. The number of nitrogens with zero attached hydrogens (tertiary/aromatic N) is 1. The zero-order chi connectivity index (χ0) is 27.4. The number of carbonyl (C=O) groups is 1. The summed E-state index contributed by atoms with van der Waals surface area (Å²) in [5, 5.41) is 2.30. The quantitative estimate of drug-likeness (QED) is 0.477. The summed E-state index contributed by atoms with van der Waals surface area (Å²) in [5.74, 6) is 1.75. The van der Waals surface area contributed by atoms with E-state index >= 15 is 0 Å². The smallest absolute Gasteiger partial charge is 0.232 e. The lowest BCUT2D eigenvalue weighted by Gasteiger charge is -2.30. The lowest BCUT2D eigenvalue weighted by atomic mass is 9.85. The van der Waals surface area contributed by atoms with Crippen LogP contribution in [0.15, 0.2) is 54.6 Å². The standard InChI is InChI=1S/C20H30N2O2.C6H12.C6H6.C2H2/c1-3-15-9-8-10-16(19(15)24-4-2)17-13-21-14-18(17)20(23)22-11-6-5-7-12-22;2*1-2-4-6-5-3-1;1-2/h8-10,17-18,21H,3-7,11-14H2,1-2H3;1-6H2;1-6H;1-2H/p+1/t17-,18?;;;/m0.../s1. The van der Waals surface area contributed by atoms with Gasteiger partial charge in [0.05, 0.1) is 31.5 Å². The molecule has 1 amide bonds. The van der Waals surface area contributed by atoms with Crippen molar-refractivity contribution < 1.29 is 14.8 Å². The van der Waals surface area contributed by atoms with E-state index in [1.54, 1.807) is 0 Å². The van der Waals surface area contributed by atoms with Gasteiger partial charge in [-0.15, -0.1) is 12.8 Å². The van der Waals surface area contributed by atoms with Crippen LogP contribution in [0.2, 0.25) is 0 Å². The molecule has 5 rings (SSSR count). The zero-order valence-corrected chi connectivity index (χ0v) is 24.0. The number of terminal acetylenes is 1. The van der Waals surface area contributed by atoms with E-state index < -0.39 is 0 Å². The Bertz CT molecular complexity index is 863.